The number of thioether (sulfide) groups is 1. The molecule has 0 N–H and O–H groups in total. The van der Waals surface area contributed by atoms with E-state index in [-0.39, 0.29) is 34.5 Å². The Hall–Kier alpha value is -1.38. The van der Waals surface area contributed by atoms with E-state index in [0.29, 0.717) is 10.6 Å². The first-order valence-corrected chi connectivity index (χ1v) is 10.6. The molecule has 8 heteroatoms. The van der Waals surface area contributed by atoms with E-state index in [1.54, 1.807) is 18.2 Å². The fourth-order valence-corrected chi connectivity index (χ4v) is 5.34. The molecular formula is C20H19F4NOS2. The predicted octanol–water partition coefficient (Wildman–Crippen LogP) is 6.36. The maximum absolute atomic E-state index is 13.7. The highest BCUT2D eigenvalue weighted by Crippen LogP contribution is 2.49. The van der Waals surface area contributed by atoms with Crippen LogP contribution in [0.15, 0.2) is 51.1 Å². The lowest BCUT2D eigenvalue weighted by Gasteiger charge is -2.34. The topological polar surface area (TPSA) is 12.5 Å². The zero-order valence-electron chi connectivity index (χ0n) is 15.1. The standard InChI is InChI=1S/C20H19F4NOS2/c1-25-8-6-12(7-9-25)19-15-11-14(28-20(22,23)24)3-5-17(15)27-18-10-13(21)2-4-16(18)26-19/h2-5,10-12,19H,6-9H2,1H3. The molecule has 0 aromatic heterocycles. The van der Waals surface area contributed by atoms with Crippen molar-refractivity contribution in [2.45, 2.75) is 39.1 Å². The second kappa shape index (κ2) is 7.80. The predicted molar refractivity (Wildman–Crippen MR) is 102 cm³/mol. The van der Waals surface area contributed by atoms with Crippen LogP contribution in [-0.2, 0) is 0 Å². The summed E-state index contributed by atoms with van der Waals surface area (Å²) in [6.07, 6.45) is 1.45. The highest BCUT2D eigenvalue weighted by molar-refractivity contribution is 8.00. The summed E-state index contributed by atoms with van der Waals surface area (Å²) in [7, 11) is 2.06. The number of ether oxygens (including phenoxy) is 1. The van der Waals surface area contributed by atoms with Crippen LogP contribution in [0, 0.1) is 11.7 Å². The molecule has 0 saturated carbocycles. The molecule has 150 valence electrons. The van der Waals surface area contributed by atoms with E-state index in [1.165, 1.54) is 30.0 Å². The fourth-order valence-electron chi connectivity index (χ4n) is 3.70. The van der Waals surface area contributed by atoms with Gasteiger partial charge in [-0.25, -0.2) is 4.39 Å². The minimum atomic E-state index is -4.35. The van der Waals surface area contributed by atoms with Crippen LogP contribution < -0.4 is 4.74 Å². The number of hydrogen-bond acceptors (Lipinski definition) is 4. The van der Waals surface area contributed by atoms with Gasteiger partial charge in [0.15, 0.2) is 0 Å². The summed E-state index contributed by atoms with van der Waals surface area (Å²) >= 11 is 1.23. The fraction of sp³-hybridized carbons (Fsp3) is 0.400. The Bertz CT molecular complexity index is 866. The number of nitrogens with zero attached hydrogens (tertiary/aromatic N) is 1. The van der Waals surface area contributed by atoms with Gasteiger partial charge in [0.1, 0.15) is 17.7 Å². The lowest BCUT2D eigenvalue weighted by molar-refractivity contribution is -0.0328. The van der Waals surface area contributed by atoms with Gasteiger partial charge in [-0.1, -0.05) is 11.8 Å². The molecule has 2 aromatic rings. The van der Waals surface area contributed by atoms with E-state index in [2.05, 4.69) is 11.9 Å². The highest BCUT2D eigenvalue weighted by Gasteiger charge is 2.35. The molecule has 1 saturated heterocycles. The van der Waals surface area contributed by atoms with Gasteiger partial charge >= 0.3 is 5.51 Å². The Kier molecular flexibility index (Phi) is 5.55. The van der Waals surface area contributed by atoms with Crippen LogP contribution in [0.3, 0.4) is 0 Å². The Morgan fingerprint density at radius 1 is 1.07 bits per heavy atom. The quantitative estimate of drug-likeness (QED) is 0.406. The van der Waals surface area contributed by atoms with Gasteiger partial charge < -0.3 is 9.64 Å². The molecule has 0 radical (unpaired) electrons. The number of likely N-dealkylation sites (tertiary alicyclic amines) is 1. The Morgan fingerprint density at radius 2 is 1.82 bits per heavy atom. The van der Waals surface area contributed by atoms with Gasteiger partial charge in [0.25, 0.3) is 0 Å². The molecule has 1 atom stereocenters. The average Bonchev–Trinajstić information content (AvgIpc) is 2.77. The van der Waals surface area contributed by atoms with Crippen LogP contribution in [-0.4, -0.2) is 30.5 Å². The average molecular weight is 430 g/mol. The van der Waals surface area contributed by atoms with Crippen molar-refractivity contribution in [3.05, 3.63) is 47.8 Å². The third-order valence-electron chi connectivity index (χ3n) is 5.09. The largest absolute Gasteiger partial charge is 0.484 e. The number of fused-ring (bicyclic) bond motifs is 2. The lowest BCUT2D eigenvalue weighted by atomic mass is 9.87. The number of piperidine rings is 1. The van der Waals surface area contributed by atoms with Gasteiger partial charge in [0.2, 0.25) is 0 Å². The SMILES string of the molecule is CN1CCC(C2Oc3ccc(F)cc3Sc3ccc(SC(F)(F)F)cc32)CC1. The third-order valence-corrected chi connectivity index (χ3v) is 6.94. The first kappa shape index (κ1) is 19.9. The summed E-state index contributed by atoms with van der Waals surface area (Å²) in [5.74, 6) is 0.410. The van der Waals surface area contributed by atoms with Crippen LogP contribution in [0.2, 0.25) is 0 Å². The number of hydrogen-bond donors (Lipinski definition) is 0. The lowest BCUT2D eigenvalue weighted by Crippen LogP contribution is -2.34. The number of benzene rings is 2. The van der Waals surface area contributed by atoms with Crippen molar-refractivity contribution in [2.75, 3.05) is 20.1 Å². The molecule has 0 bridgehead atoms. The van der Waals surface area contributed by atoms with Crippen LogP contribution in [0.25, 0.3) is 0 Å². The van der Waals surface area contributed by atoms with Gasteiger partial charge in [0.05, 0.1) is 4.90 Å². The summed E-state index contributed by atoms with van der Waals surface area (Å²) in [4.78, 5) is 3.85. The van der Waals surface area contributed by atoms with Gasteiger partial charge in [0, 0.05) is 21.3 Å². The van der Waals surface area contributed by atoms with Gasteiger partial charge in [-0.05, 0) is 81.1 Å². The van der Waals surface area contributed by atoms with Crippen molar-refractivity contribution >= 4 is 23.5 Å². The third kappa shape index (κ3) is 4.44. The summed E-state index contributed by atoms with van der Waals surface area (Å²) in [6, 6.07) is 9.13. The van der Waals surface area contributed by atoms with E-state index < -0.39 is 5.51 Å². The summed E-state index contributed by atoms with van der Waals surface area (Å²) in [6.45, 7) is 1.83. The van der Waals surface area contributed by atoms with Crippen molar-refractivity contribution in [3.8, 4) is 5.75 Å². The maximum Gasteiger partial charge on any atom is 0.446 e. The molecule has 0 aliphatic carbocycles. The molecular weight excluding hydrogens is 410 g/mol. The highest BCUT2D eigenvalue weighted by atomic mass is 32.2. The van der Waals surface area contributed by atoms with Crippen LogP contribution in [0.1, 0.15) is 24.5 Å². The molecule has 28 heavy (non-hydrogen) atoms. The van der Waals surface area contributed by atoms with Crippen molar-refractivity contribution < 1.29 is 22.3 Å². The van der Waals surface area contributed by atoms with Crippen molar-refractivity contribution in [3.63, 3.8) is 0 Å². The van der Waals surface area contributed by atoms with E-state index in [4.69, 9.17) is 4.74 Å². The first-order valence-electron chi connectivity index (χ1n) is 9.01. The smallest absolute Gasteiger partial charge is 0.446 e. The minimum absolute atomic E-state index is 0.117. The molecule has 4 rings (SSSR count). The van der Waals surface area contributed by atoms with Gasteiger partial charge in [-0.15, -0.1) is 0 Å². The molecule has 0 amide bonds. The summed E-state index contributed by atoms with van der Waals surface area (Å²) < 4.78 is 58.7. The molecule has 2 aliphatic heterocycles. The van der Waals surface area contributed by atoms with E-state index in [9.17, 15) is 17.6 Å². The molecule has 2 aliphatic rings. The van der Waals surface area contributed by atoms with Gasteiger partial charge in [-0.3, -0.25) is 0 Å². The second-order valence-corrected chi connectivity index (χ2v) is 9.34. The number of alkyl halides is 3. The Labute approximate surface area is 169 Å². The van der Waals surface area contributed by atoms with E-state index in [1.807, 2.05) is 0 Å². The van der Waals surface area contributed by atoms with Gasteiger partial charge in [-0.2, -0.15) is 13.2 Å². The molecule has 1 unspecified atom stereocenters. The second-order valence-electron chi connectivity index (χ2n) is 7.12. The first-order chi connectivity index (χ1) is 13.3. The van der Waals surface area contributed by atoms with Crippen LogP contribution in [0.5, 0.6) is 5.75 Å². The zero-order valence-corrected chi connectivity index (χ0v) is 16.8. The summed E-state index contributed by atoms with van der Waals surface area (Å²) in [5, 5.41) is 0. The molecule has 1 fully saturated rings. The van der Waals surface area contributed by atoms with Crippen LogP contribution >= 0.6 is 23.5 Å². The van der Waals surface area contributed by atoms with E-state index >= 15 is 0 Å². The van der Waals surface area contributed by atoms with Crippen molar-refractivity contribution in [2.24, 2.45) is 5.92 Å². The maximum atomic E-state index is 13.7. The zero-order chi connectivity index (χ0) is 19.9. The van der Waals surface area contributed by atoms with Crippen molar-refractivity contribution in [1.82, 2.24) is 4.90 Å². The van der Waals surface area contributed by atoms with E-state index in [0.717, 1.165) is 36.4 Å². The normalized spacial score (nSPS) is 20.8. The number of rotatable bonds is 2. The Balaban J connectivity index is 1.75. The van der Waals surface area contributed by atoms with Crippen molar-refractivity contribution in [1.29, 1.82) is 0 Å². The monoisotopic (exact) mass is 429 g/mol. The molecule has 2 aromatic carbocycles. The molecule has 2 nitrogen and oxygen atoms in total. The summed E-state index contributed by atoms with van der Waals surface area (Å²) in [5.41, 5.74) is -3.59. The van der Waals surface area contributed by atoms with Crippen LogP contribution in [0.4, 0.5) is 17.6 Å². The minimum Gasteiger partial charge on any atom is -0.484 e. The molecule has 0 spiro atoms. The number of halogens is 4. The Morgan fingerprint density at radius 3 is 2.54 bits per heavy atom. The molecule has 2 heterocycles.